The minimum atomic E-state index is 0.0208. The number of rotatable bonds is 5. The Morgan fingerprint density at radius 3 is 3.00 bits per heavy atom. The molecule has 1 amide bonds. The summed E-state index contributed by atoms with van der Waals surface area (Å²) >= 11 is 3.35. The monoisotopic (exact) mass is 271 g/mol. The number of benzene rings is 1. The molecule has 0 bridgehead atoms. The molecular formula is C11H14BrNO2. The lowest BCUT2D eigenvalue weighted by Crippen LogP contribution is -2.24. The van der Waals surface area contributed by atoms with Crippen molar-refractivity contribution in [2.75, 3.05) is 13.2 Å². The zero-order valence-corrected chi connectivity index (χ0v) is 10.2. The minimum absolute atomic E-state index is 0.0208. The first-order valence-electron chi connectivity index (χ1n) is 4.87. The molecule has 1 rings (SSSR count). The molecule has 0 aromatic heterocycles. The van der Waals surface area contributed by atoms with E-state index in [0.717, 1.165) is 10.2 Å². The number of halogens is 1. The van der Waals surface area contributed by atoms with Gasteiger partial charge in [-0.3, -0.25) is 4.79 Å². The van der Waals surface area contributed by atoms with Crippen LogP contribution in [0.25, 0.3) is 0 Å². The van der Waals surface area contributed by atoms with E-state index in [1.54, 1.807) is 0 Å². The van der Waals surface area contributed by atoms with Gasteiger partial charge in [0, 0.05) is 11.0 Å². The van der Waals surface area contributed by atoms with Crippen LogP contribution in [0.15, 0.2) is 28.7 Å². The van der Waals surface area contributed by atoms with Crippen molar-refractivity contribution >= 4 is 21.8 Å². The number of nitrogens with one attached hydrogen (secondary N) is 1. The first-order chi connectivity index (χ1) is 7.22. The molecule has 82 valence electrons. The molecule has 0 atom stereocenters. The molecule has 0 aliphatic rings. The van der Waals surface area contributed by atoms with Gasteiger partial charge in [0.15, 0.2) is 0 Å². The average Bonchev–Trinajstić information content (AvgIpc) is 2.18. The Hall–Kier alpha value is -1.03. The van der Waals surface area contributed by atoms with E-state index in [4.69, 9.17) is 4.74 Å². The summed E-state index contributed by atoms with van der Waals surface area (Å²) in [6, 6.07) is 7.56. The number of hydrogen-bond acceptors (Lipinski definition) is 2. The van der Waals surface area contributed by atoms with Crippen LogP contribution >= 0.6 is 15.9 Å². The van der Waals surface area contributed by atoms with Gasteiger partial charge in [0.2, 0.25) is 5.91 Å². The van der Waals surface area contributed by atoms with Crippen molar-refractivity contribution in [2.45, 2.75) is 13.3 Å². The van der Waals surface area contributed by atoms with E-state index >= 15 is 0 Å². The van der Waals surface area contributed by atoms with Crippen LogP contribution in [0.1, 0.15) is 13.3 Å². The van der Waals surface area contributed by atoms with Gasteiger partial charge in [-0.2, -0.15) is 0 Å². The summed E-state index contributed by atoms with van der Waals surface area (Å²) in [5, 5.41) is 2.71. The van der Waals surface area contributed by atoms with Crippen LogP contribution in [0, 0.1) is 0 Å². The first kappa shape index (κ1) is 12.0. The molecular weight excluding hydrogens is 258 g/mol. The van der Waals surface area contributed by atoms with Crippen LogP contribution in [0.5, 0.6) is 5.75 Å². The van der Waals surface area contributed by atoms with E-state index in [1.807, 2.05) is 31.2 Å². The largest absolute Gasteiger partial charge is 0.493 e. The van der Waals surface area contributed by atoms with Crippen molar-refractivity contribution in [3.05, 3.63) is 28.7 Å². The highest BCUT2D eigenvalue weighted by molar-refractivity contribution is 9.10. The van der Waals surface area contributed by atoms with Crippen LogP contribution in [0.2, 0.25) is 0 Å². The quantitative estimate of drug-likeness (QED) is 0.893. The maximum Gasteiger partial charge on any atom is 0.223 e. The second-order valence-electron chi connectivity index (χ2n) is 3.01. The Morgan fingerprint density at radius 2 is 2.33 bits per heavy atom. The second kappa shape index (κ2) is 6.45. The molecule has 0 unspecified atom stereocenters. The third-order valence-electron chi connectivity index (χ3n) is 1.77. The standard InChI is InChI=1S/C11H14BrNO2/c1-2-13-11(14)6-7-15-10-5-3-4-9(12)8-10/h3-5,8H,2,6-7H2,1H3,(H,13,14). The summed E-state index contributed by atoms with van der Waals surface area (Å²) in [6.45, 7) is 2.96. The molecule has 0 heterocycles. The Kier molecular flexibility index (Phi) is 5.18. The third-order valence-corrected chi connectivity index (χ3v) is 2.26. The highest BCUT2D eigenvalue weighted by Gasteiger charge is 2.00. The fourth-order valence-corrected chi connectivity index (χ4v) is 1.48. The van der Waals surface area contributed by atoms with Crippen LogP contribution in [0.3, 0.4) is 0 Å². The molecule has 1 N–H and O–H groups in total. The summed E-state index contributed by atoms with van der Waals surface area (Å²) in [6.07, 6.45) is 0.389. The molecule has 0 aliphatic carbocycles. The fraction of sp³-hybridized carbons (Fsp3) is 0.364. The Labute approximate surface area is 97.9 Å². The molecule has 0 saturated carbocycles. The fourth-order valence-electron chi connectivity index (χ4n) is 1.10. The molecule has 1 aromatic rings. The van der Waals surface area contributed by atoms with E-state index in [9.17, 15) is 4.79 Å². The van der Waals surface area contributed by atoms with Gasteiger partial charge in [-0.25, -0.2) is 0 Å². The Morgan fingerprint density at radius 1 is 1.53 bits per heavy atom. The first-order valence-corrected chi connectivity index (χ1v) is 5.66. The van der Waals surface area contributed by atoms with Crippen LogP contribution < -0.4 is 10.1 Å². The minimum Gasteiger partial charge on any atom is -0.493 e. The third kappa shape index (κ3) is 4.83. The molecule has 0 fully saturated rings. The lowest BCUT2D eigenvalue weighted by atomic mass is 10.3. The highest BCUT2D eigenvalue weighted by Crippen LogP contribution is 2.17. The Balaban J connectivity index is 2.28. The molecule has 0 aliphatic heterocycles. The van der Waals surface area contributed by atoms with E-state index in [1.165, 1.54) is 0 Å². The highest BCUT2D eigenvalue weighted by atomic mass is 79.9. The smallest absolute Gasteiger partial charge is 0.223 e. The van der Waals surface area contributed by atoms with Crippen molar-refractivity contribution in [3.8, 4) is 5.75 Å². The predicted molar refractivity (Wildman–Crippen MR) is 62.9 cm³/mol. The number of carbonyl (C=O) groups excluding carboxylic acids is 1. The topological polar surface area (TPSA) is 38.3 Å². The SMILES string of the molecule is CCNC(=O)CCOc1cccc(Br)c1. The van der Waals surface area contributed by atoms with E-state index < -0.39 is 0 Å². The lowest BCUT2D eigenvalue weighted by molar-refractivity contribution is -0.121. The van der Waals surface area contributed by atoms with Gasteiger partial charge in [-0.1, -0.05) is 22.0 Å². The van der Waals surface area contributed by atoms with Gasteiger partial charge >= 0.3 is 0 Å². The molecule has 15 heavy (non-hydrogen) atoms. The van der Waals surface area contributed by atoms with Crippen LogP contribution in [-0.4, -0.2) is 19.1 Å². The number of hydrogen-bond donors (Lipinski definition) is 1. The molecule has 0 saturated heterocycles. The number of carbonyl (C=O) groups is 1. The maximum atomic E-state index is 11.1. The van der Waals surface area contributed by atoms with Crippen molar-refractivity contribution in [2.24, 2.45) is 0 Å². The maximum absolute atomic E-state index is 11.1. The van der Waals surface area contributed by atoms with Gasteiger partial charge in [-0.05, 0) is 25.1 Å². The van der Waals surface area contributed by atoms with E-state index in [0.29, 0.717) is 19.6 Å². The summed E-state index contributed by atoms with van der Waals surface area (Å²) < 4.78 is 6.38. The average molecular weight is 272 g/mol. The van der Waals surface area contributed by atoms with Crippen molar-refractivity contribution in [1.29, 1.82) is 0 Å². The zero-order valence-electron chi connectivity index (χ0n) is 8.63. The Bertz CT molecular complexity index is 328. The lowest BCUT2D eigenvalue weighted by Gasteiger charge is -2.06. The second-order valence-corrected chi connectivity index (χ2v) is 3.93. The number of amides is 1. The summed E-state index contributed by atoms with van der Waals surface area (Å²) in [5.74, 6) is 0.793. The van der Waals surface area contributed by atoms with E-state index in [-0.39, 0.29) is 5.91 Å². The molecule has 1 aromatic carbocycles. The van der Waals surface area contributed by atoms with Crippen molar-refractivity contribution < 1.29 is 9.53 Å². The van der Waals surface area contributed by atoms with Gasteiger partial charge in [-0.15, -0.1) is 0 Å². The molecule has 0 radical (unpaired) electrons. The zero-order chi connectivity index (χ0) is 11.1. The van der Waals surface area contributed by atoms with Gasteiger partial charge < -0.3 is 10.1 Å². The van der Waals surface area contributed by atoms with Gasteiger partial charge in [0.25, 0.3) is 0 Å². The normalized spacial score (nSPS) is 9.73. The van der Waals surface area contributed by atoms with Crippen molar-refractivity contribution in [1.82, 2.24) is 5.32 Å². The van der Waals surface area contributed by atoms with Gasteiger partial charge in [0.05, 0.1) is 13.0 Å². The summed E-state index contributed by atoms with van der Waals surface area (Å²) in [4.78, 5) is 11.1. The van der Waals surface area contributed by atoms with Gasteiger partial charge in [0.1, 0.15) is 5.75 Å². The van der Waals surface area contributed by atoms with Crippen LogP contribution in [-0.2, 0) is 4.79 Å². The summed E-state index contributed by atoms with van der Waals surface area (Å²) in [7, 11) is 0. The number of ether oxygens (including phenoxy) is 1. The van der Waals surface area contributed by atoms with E-state index in [2.05, 4.69) is 21.2 Å². The molecule has 3 nitrogen and oxygen atoms in total. The molecule has 4 heteroatoms. The molecule has 0 spiro atoms. The van der Waals surface area contributed by atoms with Crippen molar-refractivity contribution in [3.63, 3.8) is 0 Å². The summed E-state index contributed by atoms with van der Waals surface area (Å²) in [5.41, 5.74) is 0. The predicted octanol–water partition coefficient (Wildman–Crippen LogP) is 2.35. The van der Waals surface area contributed by atoms with Crippen LogP contribution in [0.4, 0.5) is 0 Å².